The highest BCUT2D eigenvalue weighted by atomic mass is 79.9. The minimum Gasteiger partial charge on any atom is -0.395 e. The highest BCUT2D eigenvalue weighted by Crippen LogP contribution is 2.30. The molecule has 0 saturated heterocycles. The zero-order valence-corrected chi connectivity index (χ0v) is 12.3. The molecule has 0 saturated carbocycles. The van der Waals surface area contributed by atoms with Gasteiger partial charge in [-0.05, 0) is 37.5 Å². The monoisotopic (exact) mass is 316 g/mol. The first-order chi connectivity index (χ1) is 8.68. The highest BCUT2D eigenvalue weighted by molar-refractivity contribution is 9.10. The Hall–Kier alpha value is -0.420. The Morgan fingerprint density at radius 1 is 1.28 bits per heavy atom. The van der Waals surface area contributed by atoms with Crippen molar-refractivity contribution in [1.82, 2.24) is 0 Å². The number of halogens is 1. The predicted octanol–water partition coefficient (Wildman–Crippen LogP) is 2.49. The molecule has 2 N–H and O–H groups in total. The Labute approximate surface area is 117 Å². The first kappa shape index (κ1) is 15.6. The van der Waals surface area contributed by atoms with Gasteiger partial charge in [0, 0.05) is 23.1 Å². The minimum atomic E-state index is -0.582. The Morgan fingerprint density at radius 3 is 2.56 bits per heavy atom. The van der Waals surface area contributed by atoms with Crippen LogP contribution in [0.5, 0.6) is 0 Å². The molecule has 18 heavy (non-hydrogen) atoms. The van der Waals surface area contributed by atoms with Crippen LogP contribution in [0, 0.1) is 0 Å². The van der Waals surface area contributed by atoms with Crippen molar-refractivity contribution in [3.8, 4) is 0 Å². The second kappa shape index (κ2) is 7.89. The second-order valence-corrected chi connectivity index (χ2v) is 5.32. The number of rotatable bonds is 8. The van der Waals surface area contributed by atoms with Crippen molar-refractivity contribution in [2.75, 3.05) is 26.4 Å². The molecule has 1 aromatic rings. The Balaban J connectivity index is 2.79. The number of ether oxygens (including phenoxy) is 1. The molecule has 0 aliphatic carbocycles. The van der Waals surface area contributed by atoms with Crippen molar-refractivity contribution >= 4 is 15.9 Å². The van der Waals surface area contributed by atoms with Crippen LogP contribution in [0.3, 0.4) is 0 Å². The van der Waals surface area contributed by atoms with Gasteiger partial charge in [-0.15, -0.1) is 0 Å². The molecule has 3 nitrogen and oxygen atoms in total. The van der Waals surface area contributed by atoms with Crippen molar-refractivity contribution in [3.63, 3.8) is 0 Å². The van der Waals surface area contributed by atoms with E-state index in [2.05, 4.69) is 15.9 Å². The SMILES string of the molecule is CCOCCCC(CO)(CO)c1cccc(Br)c1. The summed E-state index contributed by atoms with van der Waals surface area (Å²) in [5, 5.41) is 19.3. The zero-order valence-electron chi connectivity index (χ0n) is 10.7. The zero-order chi connectivity index (χ0) is 13.4. The lowest BCUT2D eigenvalue weighted by atomic mass is 9.78. The molecule has 0 unspecified atom stereocenters. The molecule has 0 aliphatic rings. The summed E-state index contributed by atoms with van der Waals surface area (Å²) in [5.74, 6) is 0. The van der Waals surface area contributed by atoms with Crippen molar-refractivity contribution in [3.05, 3.63) is 34.3 Å². The van der Waals surface area contributed by atoms with Gasteiger partial charge in [0.25, 0.3) is 0 Å². The summed E-state index contributed by atoms with van der Waals surface area (Å²) in [7, 11) is 0. The first-order valence-electron chi connectivity index (χ1n) is 6.24. The van der Waals surface area contributed by atoms with Crippen LogP contribution >= 0.6 is 15.9 Å². The van der Waals surface area contributed by atoms with E-state index in [1.807, 2.05) is 31.2 Å². The van der Waals surface area contributed by atoms with E-state index in [4.69, 9.17) is 4.74 Å². The van der Waals surface area contributed by atoms with Crippen LogP contribution in [0.2, 0.25) is 0 Å². The van der Waals surface area contributed by atoms with E-state index in [0.717, 1.165) is 16.5 Å². The van der Waals surface area contributed by atoms with Gasteiger partial charge in [0.2, 0.25) is 0 Å². The molecular weight excluding hydrogens is 296 g/mol. The topological polar surface area (TPSA) is 49.7 Å². The van der Waals surface area contributed by atoms with Gasteiger partial charge in [-0.2, -0.15) is 0 Å². The van der Waals surface area contributed by atoms with Crippen LogP contribution in [-0.2, 0) is 10.2 Å². The first-order valence-corrected chi connectivity index (χ1v) is 7.03. The van der Waals surface area contributed by atoms with E-state index in [9.17, 15) is 10.2 Å². The molecule has 0 fully saturated rings. The molecule has 0 aliphatic heterocycles. The van der Waals surface area contributed by atoms with Crippen LogP contribution in [0.1, 0.15) is 25.3 Å². The van der Waals surface area contributed by atoms with Gasteiger partial charge in [-0.1, -0.05) is 28.1 Å². The summed E-state index contributed by atoms with van der Waals surface area (Å²) in [4.78, 5) is 0. The molecule has 1 rings (SSSR count). The molecule has 0 heterocycles. The lowest BCUT2D eigenvalue weighted by Crippen LogP contribution is -2.35. The highest BCUT2D eigenvalue weighted by Gasteiger charge is 2.30. The van der Waals surface area contributed by atoms with E-state index in [1.54, 1.807) is 0 Å². The van der Waals surface area contributed by atoms with Crippen molar-refractivity contribution in [1.29, 1.82) is 0 Å². The molecule has 0 aromatic heterocycles. The lowest BCUT2D eigenvalue weighted by molar-refractivity contribution is 0.0892. The van der Waals surface area contributed by atoms with E-state index in [1.165, 1.54) is 0 Å². The van der Waals surface area contributed by atoms with Crippen LogP contribution in [0.4, 0.5) is 0 Å². The summed E-state index contributed by atoms with van der Waals surface area (Å²) in [6.07, 6.45) is 1.53. The maximum atomic E-state index is 9.66. The Kier molecular flexibility index (Phi) is 6.86. The average molecular weight is 317 g/mol. The van der Waals surface area contributed by atoms with E-state index in [-0.39, 0.29) is 13.2 Å². The van der Waals surface area contributed by atoms with Crippen molar-refractivity contribution < 1.29 is 14.9 Å². The molecule has 1 aromatic carbocycles. The number of hydrogen-bond acceptors (Lipinski definition) is 3. The van der Waals surface area contributed by atoms with Crippen molar-refractivity contribution in [2.24, 2.45) is 0 Å². The van der Waals surface area contributed by atoms with Gasteiger partial charge in [-0.25, -0.2) is 0 Å². The van der Waals surface area contributed by atoms with Crippen LogP contribution in [-0.4, -0.2) is 36.6 Å². The summed E-state index contributed by atoms with van der Waals surface area (Å²) >= 11 is 3.42. The summed E-state index contributed by atoms with van der Waals surface area (Å²) in [5.41, 5.74) is 0.374. The van der Waals surface area contributed by atoms with Crippen LogP contribution in [0.25, 0.3) is 0 Å². The maximum Gasteiger partial charge on any atom is 0.0550 e. The van der Waals surface area contributed by atoms with E-state index in [0.29, 0.717) is 19.6 Å². The van der Waals surface area contributed by atoms with Gasteiger partial charge in [-0.3, -0.25) is 0 Å². The van der Waals surface area contributed by atoms with Gasteiger partial charge in [0.15, 0.2) is 0 Å². The predicted molar refractivity (Wildman–Crippen MR) is 75.7 cm³/mol. The fourth-order valence-corrected chi connectivity index (χ4v) is 2.41. The van der Waals surface area contributed by atoms with Gasteiger partial charge in [0.1, 0.15) is 0 Å². The van der Waals surface area contributed by atoms with Crippen LogP contribution in [0.15, 0.2) is 28.7 Å². The molecule has 102 valence electrons. The Bertz CT molecular complexity index is 351. The third-order valence-corrected chi connectivity index (χ3v) is 3.68. The van der Waals surface area contributed by atoms with E-state index < -0.39 is 5.41 Å². The van der Waals surface area contributed by atoms with Crippen molar-refractivity contribution in [2.45, 2.75) is 25.2 Å². The standard InChI is InChI=1S/C14H21BrO3/c1-2-18-8-4-7-14(10-16,11-17)12-5-3-6-13(15)9-12/h3,5-6,9,16-17H,2,4,7-8,10-11H2,1H3. The molecule has 0 atom stereocenters. The number of aliphatic hydroxyl groups is 2. The van der Waals surface area contributed by atoms with Gasteiger partial charge < -0.3 is 14.9 Å². The summed E-state index contributed by atoms with van der Waals surface area (Å²) < 4.78 is 6.26. The number of benzene rings is 1. The average Bonchev–Trinajstić information content (AvgIpc) is 2.40. The number of hydrogen-bond donors (Lipinski definition) is 2. The quantitative estimate of drug-likeness (QED) is 0.724. The maximum absolute atomic E-state index is 9.66. The smallest absolute Gasteiger partial charge is 0.0550 e. The minimum absolute atomic E-state index is 0.0634. The fourth-order valence-electron chi connectivity index (χ4n) is 2.01. The van der Waals surface area contributed by atoms with Gasteiger partial charge in [0.05, 0.1) is 13.2 Å². The van der Waals surface area contributed by atoms with E-state index >= 15 is 0 Å². The second-order valence-electron chi connectivity index (χ2n) is 4.41. The molecule has 4 heteroatoms. The Morgan fingerprint density at radius 2 is 2.00 bits per heavy atom. The van der Waals surface area contributed by atoms with Gasteiger partial charge >= 0.3 is 0 Å². The molecular formula is C14H21BrO3. The molecule has 0 bridgehead atoms. The normalized spacial score (nSPS) is 11.8. The third-order valence-electron chi connectivity index (χ3n) is 3.19. The molecule has 0 amide bonds. The summed E-state index contributed by atoms with van der Waals surface area (Å²) in [6.45, 7) is 3.19. The molecule has 0 radical (unpaired) electrons. The van der Waals surface area contributed by atoms with Crippen LogP contribution < -0.4 is 0 Å². The lowest BCUT2D eigenvalue weighted by Gasteiger charge is -2.30. The summed E-state index contributed by atoms with van der Waals surface area (Å²) in [6, 6.07) is 7.75. The number of aliphatic hydroxyl groups excluding tert-OH is 2. The fraction of sp³-hybridized carbons (Fsp3) is 0.571. The largest absolute Gasteiger partial charge is 0.395 e. The third kappa shape index (κ3) is 4.05. The molecule has 0 spiro atoms.